The second-order valence-corrected chi connectivity index (χ2v) is 13.9. The van der Waals surface area contributed by atoms with Crippen molar-refractivity contribution >= 4 is 47.5 Å². The molecule has 126 valence electrons. The predicted molar refractivity (Wildman–Crippen MR) is 110 cm³/mol. The van der Waals surface area contributed by atoms with Crippen molar-refractivity contribution in [2.24, 2.45) is 0 Å². The average Bonchev–Trinajstić information content (AvgIpc) is 2.99. The monoisotopic (exact) mass is 366 g/mol. The second kappa shape index (κ2) is 7.06. The van der Waals surface area contributed by atoms with Crippen LogP contribution in [0.5, 0.6) is 0 Å². The summed E-state index contributed by atoms with van der Waals surface area (Å²) in [4.78, 5) is 0. The van der Waals surface area contributed by atoms with Crippen LogP contribution in [0.3, 0.4) is 0 Å². The normalized spacial score (nSPS) is 25.3. The first-order chi connectivity index (χ1) is 10.9. The zero-order chi connectivity index (χ0) is 16.7. The molecule has 0 aliphatic carbocycles. The van der Waals surface area contributed by atoms with Gasteiger partial charge in [0.05, 0.1) is 12.8 Å². The van der Waals surface area contributed by atoms with E-state index in [9.17, 15) is 0 Å². The SMILES string of the molecule is CC1CCC(C)P1c1c(P(N(C)C)N(C)C)sc2ccccc12. The summed E-state index contributed by atoms with van der Waals surface area (Å²) < 4.78 is 7.96. The molecule has 5 heteroatoms. The molecule has 0 N–H and O–H groups in total. The molecule has 2 atom stereocenters. The van der Waals surface area contributed by atoms with E-state index in [-0.39, 0.29) is 7.92 Å². The number of hydrogen-bond acceptors (Lipinski definition) is 3. The Morgan fingerprint density at radius 2 is 1.57 bits per heavy atom. The Morgan fingerprint density at radius 1 is 1.00 bits per heavy atom. The van der Waals surface area contributed by atoms with Crippen LogP contribution in [0.4, 0.5) is 0 Å². The largest absolute Gasteiger partial charge is 0.272 e. The van der Waals surface area contributed by atoms with Gasteiger partial charge in [-0.25, -0.2) is 0 Å². The van der Waals surface area contributed by atoms with E-state index in [0.29, 0.717) is 0 Å². The van der Waals surface area contributed by atoms with E-state index in [4.69, 9.17) is 0 Å². The summed E-state index contributed by atoms with van der Waals surface area (Å²) in [6.45, 7) is 4.97. The van der Waals surface area contributed by atoms with E-state index in [1.165, 1.54) is 22.9 Å². The first-order valence-electron chi connectivity index (χ1n) is 8.36. The maximum absolute atomic E-state index is 2.49. The first-order valence-corrected chi connectivity index (χ1v) is 11.9. The highest BCUT2D eigenvalue weighted by Gasteiger charge is 2.37. The van der Waals surface area contributed by atoms with Crippen LogP contribution in [-0.4, -0.2) is 48.8 Å². The highest BCUT2D eigenvalue weighted by atomic mass is 32.1. The molecule has 2 nitrogen and oxygen atoms in total. The van der Waals surface area contributed by atoms with Crippen LogP contribution in [0.1, 0.15) is 26.7 Å². The smallest absolute Gasteiger partial charge is 0.0826 e. The van der Waals surface area contributed by atoms with E-state index >= 15 is 0 Å². The summed E-state index contributed by atoms with van der Waals surface area (Å²) in [6.07, 6.45) is 2.80. The number of nitrogens with zero attached hydrogens (tertiary/aromatic N) is 2. The highest BCUT2D eigenvalue weighted by molar-refractivity contribution is 7.76. The van der Waals surface area contributed by atoms with E-state index in [1.807, 2.05) is 11.3 Å². The Morgan fingerprint density at radius 3 is 2.13 bits per heavy atom. The molecule has 1 aromatic carbocycles. The van der Waals surface area contributed by atoms with Crippen molar-refractivity contribution in [3.05, 3.63) is 24.3 Å². The van der Waals surface area contributed by atoms with Crippen molar-refractivity contribution < 1.29 is 0 Å². The minimum absolute atomic E-state index is 0.0549. The van der Waals surface area contributed by atoms with Crippen LogP contribution in [0.25, 0.3) is 10.1 Å². The minimum atomic E-state index is -0.394. The third-order valence-corrected chi connectivity index (χ3v) is 12.3. The van der Waals surface area contributed by atoms with Gasteiger partial charge in [0, 0.05) is 15.4 Å². The summed E-state index contributed by atoms with van der Waals surface area (Å²) in [5.74, 6) is 0. The number of benzene rings is 1. The van der Waals surface area contributed by atoms with E-state index in [1.54, 1.807) is 9.92 Å². The molecule has 0 amide bonds. The van der Waals surface area contributed by atoms with Gasteiger partial charge >= 0.3 is 0 Å². The molecule has 0 saturated carbocycles. The van der Waals surface area contributed by atoms with Crippen molar-refractivity contribution in [1.29, 1.82) is 0 Å². The lowest BCUT2D eigenvalue weighted by Crippen LogP contribution is -2.31. The molecule has 3 rings (SSSR count). The first kappa shape index (κ1) is 17.8. The van der Waals surface area contributed by atoms with Crippen LogP contribution < -0.4 is 9.92 Å². The van der Waals surface area contributed by atoms with Gasteiger partial charge in [-0.1, -0.05) is 40.0 Å². The zero-order valence-corrected chi connectivity index (χ0v) is 17.7. The van der Waals surface area contributed by atoms with Crippen molar-refractivity contribution in [3.8, 4) is 0 Å². The average molecular weight is 366 g/mol. The third-order valence-electron chi connectivity index (χ3n) is 4.70. The van der Waals surface area contributed by atoms with Crippen molar-refractivity contribution in [1.82, 2.24) is 9.34 Å². The number of thiophene rings is 1. The van der Waals surface area contributed by atoms with Crippen LogP contribution in [0, 0.1) is 0 Å². The molecule has 0 spiro atoms. The van der Waals surface area contributed by atoms with Gasteiger partial charge in [0.25, 0.3) is 0 Å². The second-order valence-electron chi connectivity index (χ2n) is 6.92. The van der Waals surface area contributed by atoms with E-state index in [0.717, 1.165) is 11.3 Å². The molecule has 1 aliphatic rings. The van der Waals surface area contributed by atoms with E-state index < -0.39 is 8.22 Å². The zero-order valence-electron chi connectivity index (χ0n) is 15.1. The van der Waals surface area contributed by atoms with Gasteiger partial charge in [-0.3, -0.25) is 9.34 Å². The number of hydrogen-bond donors (Lipinski definition) is 0. The molecule has 23 heavy (non-hydrogen) atoms. The Balaban J connectivity index is 2.23. The molecule has 1 aromatic heterocycles. The molecule has 0 bridgehead atoms. The lowest BCUT2D eigenvalue weighted by molar-refractivity contribution is 0.585. The summed E-state index contributed by atoms with van der Waals surface area (Å²) in [5, 5.41) is 3.27. The summed E-state index contributed by atoms with van der Waals surface area (Å²) in [5.41, 5.74) is 1.72. The van der Waals surface area contributed by atoms with Gasteiger partial charge in [-0.05, 0) is 58.4 Å². The molecule has 2 unspecified atom stereocenters. The van der Waals surface area contributed by atoms with Gasteiger partial charge in [0.1, 0.15) is 0 Å². The van der Waals surface area contributed by atoms with Gasteiger partial charge in [-0.2, -0.15) is 0 Å². The van der Waals surface area contributed by atoms with Crippen LogP contribution in [0.15, 0.2) is 24.3 Å². The number of rotatable bonds is 4. The van der Waals surface area contributed by atoms with Crippen molar-refractivity contribution in [3.63, 3.8) is 0 Å². The standard InChI is InChI=1S/C18H28N2P2S/c1-13-11-12-14(2)21(13)17-15-9-7-8-10-16(15)23-18(17)22(19(3)4)20(5)6/h7-10,13-14H,11-12H2,1-6H3. The lowest BCUT2D eigenvalue weighted by Gasteiger charge is -2.32. The molecular formula is C18H28N2P2S. The third kappa shape index (κ3) is 3.24. The fourth-order valence-corrected chi connectivity index (χ4v) is 12.4. The Bertz CT molecular complexity index is 665. The topological polar surface area (TPSA) is 6.48 Å². The van der Waals surface area contributed by atoms with E-state index in [2.05, 4.69) is 75.6 Å². The van der Waals surface area contributed by atoms with Crippen LogP contribution >= 0.6 is 27.5 Å². The molecular weight excluding hydrogens is 338 g/mol. The summed E-state index contributed by atoms with van der Waals surface area (Å²) in [6, 6.07) is 9.08. The molecule has 0 radical (unpaired) electrons. The predicted octanol–water partition coefficient (Wildman–Crippen LogP) is 4.64. The highest BCUT2D eigenvalue weighted by Crippen LogP contribution is 2.57. The lowest BCUT2D eigenvalue weighted by atomic mass is 10.2. The van der Waals surface area contributed by atoms with Gasteiger partial charge in [-0.15, -0.1) is 11.3 Å². The van der Waals surface area contributed by atoms with Crippen LogP contribution in [-0.2, 0) is 0 Å². The fourth-order valence-electron chi connectivity index (χ4n) is 3.76. The Labute approximate surface area is 147 Å². The fraction of sp³-hybridized carbons (Fsp3) is 0.556. The maximum atomic E-state index is 2.49. The Hall–Kier alpha value is -0.0400. The summed E-state index contributed by atoms with van der Waals surface area (Å²) in [7, 11) is 8.47. The van der Waals surface area contributed by atoms with Gasteiger partial charge in [0.15, 0.2) is 0 Å². The molecule has 2 heterocycles. The van der Waals surface area contributed by atoms with Crippen molar-refractivity contribution in [2.75, 3.05) is 28.2 Å². The number of fused-ring (bicyclic) bond motifs is 1. The van der Waals surface area contributed by atoms with Gasteiger partial charge < -0.3 is 0 Å². The quantitative estimate of drug-likeness (QED) is 0.728. The molecule has 1 fully saturated rings. The molecule has 1 saturated heterocycles. The van der Waals surface area contributed by atoms with Crippen molar-refractivity contribution in [2.45, 2.75) is 38.0 Å². The minimum Gasteiger partial charge on any atom is -0.272 e. The summed E-state index contributed by atoms with van der Waals surface area (Å²) >= 11 is 2.04. The van der Waals surface area contributed by atoms with Crippen LogP contribution in [0.2, 0.25) is 0 Å². The Kier molecular flexibility index (Phi) is 5.46. The maximum Gasteiger partial charge on any atom is 0.0826 e. The molecule has 1 aliphatic heterocycles. The van der Waals surface area contributed by atoms with Gasteiger partial charge in [0.2, 0.25) is 0 Å². The molecule has 2 aromatic rings.